The van der Waals surface area contributed by atoms with Crippen molar-refractivity contribution < 1.29 is 22.3 Å². The second-order valence-corrected chi connectivity index (χ2v) is 6.39. The third-order valence-corrected chi connectivity index (χ3v) is 4.70. The monoisotopic (exact) mass is 335 g/mol. The van der Waals surface area contributed by atoms with Gasteiger partial charge in [0, 0.05) is 11.9 Å². The Hall–Kier alpha value is -2.67. The molecule has 2 aromatic rings. The first-order valence-electron chi connectivity index (χ1n) is 6.56. The van der Waals surface area contributed by atoms with Crippen molar-refractivity contribution in [2.45, 2.75) is 4.90 Å². The maximum absolute atomic E-state index is 12.9. The molecule has 23 heavy (non-hydrogen) atoms. The lowest BCUT2D eigenvalue weighted by molar-refractivity contribution is -0.135. The summed E-state index contributed by atoms with van der Waals surface area (Å²) in [6.45, 7) is 0. The first-order valence-corrected chi connectivity index (χ1v) is 8.04. The first-order chi connectivity index (χ1) is 10.9. The predicted octanol–water partition coefficient (Wildman–Crippen LogP) is 2.73. The molecule has 0 spiro atoms. The van der Waals surface area contributed by atoms with Crippen LogP contribution in [0.25, 0.3) is 0 Å². The average molecular weight is 335 g/mol. The molecule has 0 radical (unpaired) electrons. The summed E-state index contributed by atoms with van der Waals surface area (Å²) in [5.74, 6) is -1.42. The number of benzene rings is 2. The Kier molecular flexibility index (Phi) is 5.13. The molecule has 0 aromatic heterocycles. The molecular formula is C16H14FNO4S. The molecule has 120 valence electrons. The zero-order valence-corrected chi connectivity index (χ0v) is 13.0. The molecule has 0 fully saturated rings. The molecule has 0 amide bonds. The van der Waals surface area contributed by atoms with E-state index in [1.165, 1.54) is 36.4 Å². The van der Waals surface area contributed by atoms with Gasteiger partial charge in [-0.2, -0.15) is 0 Å². The van der Waals surface area contributed by atoms with E-state index < -0.39 is 26.5 Å². The molecule has 5 nitrogen and oxygen atoms in total. The number of nitrogens with one attached hydrogen (secondary N) is 1. The number of hydrogen-bond donors (Lipinski definition) is 1. The summed E-state index contributed by atoms with van der Waals surface area (Å²) in [7, 11) is -2.95. The van der Waals surface area contributed by atoms with Crippen molar-refractivity contribution in [2.24, 2.45) is 0 Å². The standard InChI is InChI=1S/C16H14FNO4S/c1-22-16(19)15(11-18-13-9-7-12(17)8-10-13)23(20,21)14-5-3-2-4-6-14/h2-11,18H,1H3. The number of methoxy groups -OCH3 is 1. The Morgan fingerprint density at radius 3 is 2.26 bits per heavy atom. The minimum Gasteiger partial charge on any atom is -0.465 e. The molecular weight excluding hydrogens is 321 g/mol. The molecule has 2 aromatic carbocycles. The number of rotatable bonds is 5. The third-order valence-electron chi connectivity index (χ3n) is 2.94. The molecule has 0 aliphatic carbocycles. The highest BCUT2D eigenvalue weighted by Gasteiger charge is 2.27. The summed E-state index contributed by atoms with van der Waals surface area (Å²) in [6, 6.07) is 12.8. The number of anilines is 1. The maximum Gasteiger partial charge on any atom is 0.351 e. The number of hydrogen-bond acceptors (Lipinski definition) is 5. The van der Waals surface area contributed by atoms with Crippen LogP contribution in [0.15, 0.2) is 70.6 Å². The van der Waals surface area contributed by atoms with Crippen molar-refractivity contribution >= 4 is 21.5 Å². The van der Waals surface area contributed by atoms with E-state index in [0.29, 0.717) is 5.69 Å². The van der Waals surface area contributed by atoms with Gasteiger partial charge in [0.2, 0.25) is 9.84 Å². The predicted molar refractivity (Wildman–Crippen MR) is 83.7 cm³/mol. The SMILES string of the molecule is COC(=O)C(=CNc1ccc(F)cc1)S(=O)(=O)c1ccccc1. The van der Waals surface area contributed by atoms with Crippen molar-refractivity contribution in [2.75, 3.05) is 12.4 Å². The Bertz CT molecular complexity index is 815. The number of carbonyl (C=O) groups excluding carboxylic acids is 1. The molecule has 0 heterocycles. The Morgan fingerprint density at radius 1 is 1.09 bits per heavy atom. The number of ether oxygens (including phenoxy) is 1. The fourth-order valence-electron chi connectivity index (χ4n) is 1.77. The molecule has 0 unspecified atom stereocenters. The molecule has 2 rings (SSSR count). The number of carbonyl (C=O) groups is 1. The number of halogens is 1. The second kappa shape index (κ2) is 7.06. The maximum atomic E-state index is 12.9. The van der Waals surface area contributed by atoms with Crippen molar-refractivity contribution in [3.05, 3.63) is 71.5 Å². The van der Waals surface area contributed by atoms with Crippen LogP contribution in [0.3, 0.4) is 0 Å². The summed E-state index contributed by atoms with van der Waals surface area (Å²) in [5.41, 5.74) is 0.427. The van der Waals surface area contributed by atoms with Crippen molar-refractivity contribution in [3.8, 4) is 0 Å². The van der Waals surface area contributed by atoms with Crippen LogP contribution in [-0.4, -0.2) is 21.5 Å². The molecule has 0 aliphatic heterocycles. The normalized spacial score (nSPS) is 11.8. The lowest BCUT2D eigenvalue weighted by Gasteiger charge is -2.08. The van der Waals surface area contributed by atoms with Gasteiger partial charge in [-0.25, -0.2) is 17.6 Å². The van der Waals surface area contributed by atoms with Gasteiger partial charge in [0.05, 0.1) is 12.0 Å². The number of esters is 1. The topological polar surface area (TPSA) is 72.5 Å². The van der Waals surface area contributed by atoms with Crippen LogP contribution in [0.2, 0.25) is 0 Å². The number of sulfone groups is 1. The molecule has 0 aliphatic rings. The van der Waals surface area contributed by atoms with Crippen LogP contribution in [0, 0.1) is 5.82 Å². The second-order valence-electron chi connectivity index (χ2n) is 4.47. The minimum atomic E-state index is -4.04. The third kappa shape index (κ3) is 3.95. The van der Waals surface area contributed by atoms with Crippen LogP contribution in [0.1, 0.15) is 0 Å². The van der Waals surface area contributed by atoms with Crippen LogP contribution >= 0.6 is 0 Å². The van der Waals surface area contributed by atoms with Crippen LogP contribution < -0.4 is 5.32 Å². The summed E-state index contributed by atoms with van der Waals surface area (Å²) in [4.78, 5) is 11.3. The van der Waals surface area contributed by atoms with E-state index in [1.807, 2.05) is 0 Å². The van der Waals surface area contributed by atoms with E-state index in [1.54, 1.807) is 18.2 Å². The van der Waals surface area contributed by atoms with E-state index in [0.717, 1.165) is 13.3 Å². The zero-order valence-electron chi connectivity index (χ0n) is 12.2. The highest BCUT2D eigenvalue weighted by atomic mass is 32.2. The van der Waals surface area contributed by atoms with E-state index in [4.69, 9.17) is 0 Å². The van der Waals surface area contributed by atoms with Crippen LogP contribution in [-0.2, 0) is 19.4 Å². The van der Waals surface area contributed by atoms with Gasteiger partial charge in [-0.05, 0) is 36.4 Å². The fourth-order valence-corrected chi connectivity index (χ4v) is 3.05. The molecule has 0 bridgehead atoms. The highest BCUT2D eigenvalue weighted by molar-refractivity contribution is 7.96. The molecule has 0 saturated heterocycles. The smallest absolute Gasteiger partial charge is 0.351 e. The van der Waals surface area contributed by atoms with Crippen molar-refractivity contribution in [1.82, 2.24) is 0 Å². The average Bonchev–Trinajstić information content (AvgIpc) is 2.57. The lowest BCUT2D eigenvalue weighted by Crippen LogP contribution is -2.16. The Balaban J connectivity index is 2.39. The molecule has 1 N–H and O–H groups in total. The van der Waals surface area contributed by atoms with Gasteiger partial charge in [0.15, 0.2) is 4.91 Å². The van der Waals surface area contributed by atoms with Gasteiger partial charge in [-0.3, -0.25) is 0 Å². The molecule has 0 saturated carbocycles. The van der Waals surface area contributed by atoms with E-state index in [2.05, 4.69) is 10.1 Å². The summed E-state index contributed by atoms with van der Waals surface area (Å²) in [6.07, 6.45) is 1.03. The van der Waals surface area contributed by atoms with Crippen LogP contribution in [0.5, 0.6) is 0 Å². The van der Waals surface area contributed by atoms with Crippen LogP contribution in [0.4, 0.5) is 10.1 Å². The first kappa shape index (κ1) is 16.7. The zero-order chi connectivity index (χ0) is 16.9. The van der Waals surface area contributed by atoms with Gasteiger partial charge >= 0.3 is 5.97 Å². The highest BCUT2D eigenvalue weighted by Crippen LogP contribution is 2.20. The van der Waals surface area contributed by atoms with E-state index in [9.17, 15) is 17.6 Å². The Labute approximate surface area is 133 Å². The molecule has 0 atom stereocenters. The van der Waals surface area contributed by atoms with Gasteiger partial charge in [-0.1, -0.05) is 18.2 Å². The van der Waals surface area contributed by atoms with E-state index >= 15 is 0 Å². The van der Waals surface area contributed by atoms with Gasteiger partial charge in [0.25, 0.3) is 0 Å². The summed E-state index contributed by atoms with van der Waals surface area (Å²) in [5, 5.41) is 2.65. The fraction of sp³-hybridized carbons (Fsp3) is 0.0625. The van der Waals surface area contributed by atoms with E-state index in [-0.39, 0.29) is 4.90 Å². The summed E-state index contributed by atoms with van der Waals surface area (Å²) >= 11 is 0. The van der Waals surface area contributed by atoms with Crippen molar-refractivity contribution in [1.29, 1.82) is 0 Å². The minimum absolute atomic E-state index is 0.0300. The lowest BCUT2D eigenvalue weighted by atomic mass is 10.3. The summed E-state index contributed by atoms with van der Waals surface area (Å²) < 4.78 is 42.5. The van der Waals surface area contributed by atoms with Gasteiger partial charge in [-0.15, -0.1) is 0 Å². The Morgan fingerprint density at radius 2 is 1.70 bits per heavy atom. The largest absolute Gasteiger partial charge is 0.465 e. The quantitative estimate of drug-likeness (QED) is 0.672. The molecule has 7 heteroatoms. The van der Waals surface area contributed by atoms with Crippen molar-refractivity contribution in [3.63, 3.8) is 0 Å². The van der Waals surface area contributed by atoms with Gasteiger partial charge < -0.3 is 10.1 Å². The van der Waals surface area contributed by atoms with Gasteiger partial charge in [0.1, 0.15) is 5.82 Å².